The summed E-state index contributed by atoms with van der Waals surface area (Å²) in [5.74, 6) is 0.946. The van der Waals surface area contributed by atoms with Crippen LogP contribution in [-0.2, 0) is 4.79 Å². The maximum Gasteiger partial charge on any atom is 0.226 e. The summed E-state index contributed by atoms with van der Waals surface area (Å²) in [6.45, 7) is 3.98. The van der Waals surface area contributed by atoms with E-state index >= 15 is 0 Å². The molecule has 0 heterocycles. The van der Waals surface area contributed by atoms with E-state index in [2.05, 4.69) is 0 Å². The van der Waals surface area contributed by atoms with Crippen LogP contribution in [-0.4, -0.2) is 20.1 Å². The summed E-state index contributed by atoms with van der Waals surface area (Å²) < 4.78 is 5.24. The van der Waals surface area contributed by atoms with Crippen LogP contribution in [0.3, 0.4) is 0 Å². The van der Waals surface area contributed by atoms with E-state index in [1.165, 1.54) is 0 Å². The van der Waals surface area contributed by atoms with E-state index in [-0.39, 0.29) is 5.91 Å². The third-order valence-corrected chi connectivity index (χ3v) is 2.62. The van der Waals surface area contributed by atoms with E-state index < -0.39 is 0 Å². The molecule has 0 saturated carbocycles. The molecule has 0 aliphatic heterocycles. The lowest BCUT2D eigenvalue weighted by Crippen LogP contribution is -2.25. The average molecular weight is 221 g/mol. The zero-order valence-corrected chi connectivity index (χ0v) is 10.4. The molecule has 0 atom stereocenters. The number of carbonyl (C=O) groups is 1. The lowest BCUT2D eigenvalue weighted by Gasteiger charge is -2.18. The number of aryl methyl sites for hydroxylation is 1. The number of hydrogen-bond donors (Lipinski definition) is 0. The van der Waals surface area contributed by atoms with E-state index in [1.807, 2.05) is 32.0 Å². The molecule has 0 unspecified atom stereocenters. The Bertz CT molecular complexity index is 374. The minimum Gasteiger partial charge on any atom is -0.496 e. The molecule has 3 heteroatoms. The van der Waals surface area contributed by atoms with E-state index in [0.29, 0.717) is 6.42 Å². The van der Waals surface area contributed by atoms with Crippen molar-refractivity contribution < 1.29 is 9.53 Å². The molecule has 0 aliphatic carbocycles. The Kier molecular flexibility index (Phi) is 4.35. The molecular formula is C13H19NO2. The number of amides is 1. The van der Waals surface area contributed by atoms with Crippen molar-refractivity contribution in [2.24, 2.45) is 0 Å². The highest BCUT2D eigenvalue weighted by Gasteiger charge is 2.11. The van der Waals surface area contributed by atoms with Crippen molar-refractivity contribution in [3.63, 3.8) is 0 Å². The van der Waals surface area contributed by atoms with Crippen molar-refractivity contribution in [1.82, 2.24) is 0 Å². The fourth-order valence-electron chi connectivity index (χ4n) is 1.54. The number of ether oxygens (including phenoxy) is 1. The third kappa shape index (κ3) is 2.75. The number of nitrogens with zero attached hydrogens (tertiary/aromatic N) is 1. The molecule has 0 bridgehead atoms. The van der Waals surface area contributed by atoms with Crippen LogP contribution in [0.25, 0.3) is 0 Å². The molecule has 0 radical (unpaired) electrons. The van der Waals surface area contributed by atoms with Crippen LogP contribution < -0.4 is 9.64 Å². The first-order valence-corrected chi connectivity index (χ1v) is 5.51. The van der Waals surface area contributed by atoms with E-state index in [1.54, 1.807) is 19.1 Å². The van der Waals surface area contributed by atoms with Crippen LogP contribution in [0.5, 0.6) is 5.75 Å². The average Bonchev–Trinajstić information content (AvgIpc) is 2.29. The maximum atomic E-state index is 11.7. The van der Waals surface area contributed by atoms with Gasteiger partial charge in [0.25, 0.3) is 0 Å². The molecule has 0 saturated heterocycles. The minimum absolute atomic E-state index is 0.133. The van der Waals surface area contributed by atoms with Crippen molar-refractivity contribution in [3.8, 4) is 5.75 Å². The van der Waals surface area contributed by atoms with Crippen molar-refractivity contribution in [1.29, 1.82) is 0 Å². The van der Waals surface area contributed by atoms with Gasteiger partial charge in [0.1, 0.15) is 5.75 Å². The molecule has 1 aromatic carbocycles. The summed E-state index contributed by atoms with van der Waals surface area (Å²) in [6, 6.07) is 5.79. The minimum atomic E-state index is 0.133. The molecule has 0 aromatic heterocycles. The van der Waals surface area contributed by atoms with Gasteiger partial charge in [0, 0.05) is 25.2 Å². The van der Waals surface area contributed by atoms with Crippen molar-refractivity contribution in [2.45, 2.75) is 26.7 Å². The normalized spacial score (nSPS) is 10.0. The second kappa shape index (κ2) is 5.54. The summed E-state index contributed by atoms with van der Waals surface area (Å²) in [7, 11) is 3.43. The summed E-state index contributed by atoms with van der Waals surface area (Å²) in [4.78, 5) is 13.4. The van der Waals surface area contributed by atoms with Crippen LogP contribution in [0.15, 0.2) is 18.2 Å². The largest absolute Gasteiger partial charge is 0.496 e. The molecule has 16 heavy (non-hydrogen) atoms. The Morgan fingerprint density at radius 2 is 2.12 bits per heavy atom. The predicted octanol–water partition coefficient (Wildman–Crippen LogP) is 2.77. The summed E-state index contributed by atoms with van der Waals surface area (Å²) >= 11 is 0. The molecule has 1 rings (SSSR count). The predicted molar refractivity (Wildman–Crippen MR) is 66.0 cm³/mol. The Morgan fingerprint density at radius 3 is 2.69 bits per heavy atom. The third-order valence-electron chi connectivity index (χ3n) is 2.62. The summed E-state index contributed by atoms with van der Waals surface area (Å²) in [5.41, 5.74) is 1.95. The molecule has 3 nitrogen and oxygen atoms in total. The monoisotopic (exact) mass is 221 g/mol. The highest BCUT2D eigenvalue weighted by Crippen LogP contribution is 2.24. The Hall–Kier alpha value is -1.51. The molecule has 1 amide bonds. The summed E-state index contributed by atoms with van der Waals surface area (Å²) in [5, 5.41) is 0. The van der Waals surface area contributed by atoms with Gasteiger partial charge in [-0.3, -0.25) is 4.79 Å². The van der Waals surface area contributed by atoms with Gasteiger partial charge in [-0.15, -0.1) is 0 Å². The van der Waals surface area contributed by atoms with E-state index in [0.717, 1.165) is 23.4 Å². The number of hydrogen-bond acceptors (Lipinski definition) is 2. The molecular weight excluding hydrogens is 202 g/mol. The fraction of sp³-hybridized carbons (Fsp3) is 0.462. The highest BCUT2D eigenvalue weighted by atomic mass is 16.5. The molecule has 0 aliphatic rings. The first-order chi connectivity index (χ1) is 7.60. The van der Waals surface area contributed by atoms with Crippen LogP contribution in [0.2, 0.25) is 0 Å². The molecule has 0 N–H and O–H groups in total. The van der Waals surface area contributed by atoms with Gasteiger partial charge in [0.05, 0.1) is 7.11 Å². The number of carbonyl (C=O) groups excluding carboxylic acids is 1. The zero-order valence-electron chi connectivity index (χ0n) is 10.4. The zero-order chi connectivity index (χ0) is 12.1. The van der Waals surface area contributed by atoms with Crippen LogP contribution in [0.1, 0.15) is 25.3 Å². The summed E-state index contributed by atoms with van der Waals surface area (Å²) in [6.07, 6.45) is 1.44. The Labute approximate surface area is 97.0 Å². The van der Waals surface area contributed by atoms with Gasteiger partial charge < -0.3 is 9.64 Å². The van der Waals surface area contributed by atoms with Crippen LogP contribution >= 0.6 is 0 Å². The standard InChI is InChI=1S/C13H19NO2/c1-5-6-13(15)14(3)11-8-7-10(2)12(9-11)16-4/h7-9H,5-6H2,1-4H3. The number of methoxy groups -OCH3 is 1. The number of anilines is 1. The molecule has 1 aromatic rings. The Morgan fingerprint density at radius 1 is 1.44 bits per heavy atom. The van der Waals surface area contributed by atoms with Crippen molar-refractivity contribution in [2.75, 3.05) is 19.1 Å². The van der Waals surface area contributed by atoms with Gasteiger partial charge in [-0.1, -0.05) is 13.0 Å². The lowest BCUT2D eigenvalue weighted by atomic mass is 10.2. The van der Waals surface area contributed by atoms with E-state index in [9.17, 15) is 4.79 Å². The molecule has 0 fully saturated rings. The van der Waals surface area contributed by atoms with E-state index in [4.69, 9.17) is 4.74 Å². The second-order valence-corrected chi connectivity index (χ2v) is 3.86. The SMILES string of the molecule is CCCC(=O)N(C)c1ccc(C)c(OC)c1. The van der Waals surface area contributed by atoms with Gasteiger partial charge >= 0.3 is 0 Å². The van der Waals surface area contributed by atoms with Crippen LogP contribution in [0.4, 0.5) is 5.69 Å². The maximum absolute atomic E-state index is 11.7. The van der Waals surface area contributed by atoms with Gasteiger partial charge in [0.15, 0.2) is 0 Å². The van der Waals surface area contributed by atoms with Crippen molar-refractivity contribution in [3.05, 3.63) is 23.8 Å². The number of benzene rings is 1. The topological polar surface area (TPSA) is 29.5 Å². The highest BCUT2D eigenvalue weighted by molar-refractivity contribution is 5.92. The van der Waals surface area contributed by atoms with Crippen LogP contribution in [0, 0.1) is 6.92 Å². The van der Waals surface area contributed by atoms with Gasteiger partial charge in [-0.25, -0.2) is 0 Å². The van der Waals surface area contributed by atoms with Gasteiger partial charge in [-0.05, 0) is 25.0 Å². The Balaban J connectivity index is 2.91. The first kappa shape index (κ1) is 12.6. The fourth-order valence-corrected chi connectivity index (χ4v) is 1.54. The second-order valence-electron chi connectivity index (χ2n) is 3.86. The quantitative estimate of drug-likeness (QED) is 0.782. The number of rotatable bonds is 4. The lowest BCUT2D eigenvalue weighted by molar-refractivity contribution is -0.118. The molecule has 88 valence electrons. The van der Waals surface area contributed by atoms with Gasteiger partial charge in [-0.2, -0.15) is 0 Å². The molecule has 0 spiro atoms. The van der Waals surface area contributed by atoms with Crippen molar-refractivity contribution >= 4 is 11.6 Å². The first-order valence-electron chi connectivity index (χ1n) is 5.51. The smallest absolute Gasteiger partial charge is 0.226 e. The van der Waals surface area contributed by atoms with Gasteiger partial charge in [0.2, 0.25) is 5.91 Å².